The highest BCUT2D eigenvalue weighted by atomic mass is 16.5. The Kier molecular flexibility index (Phi) is 5.52. The molecule has 0 bridgehead atoms. The van der Waals surface area contributed by atoms with Gasteiger partial charge in [0.1, 0.15) is 0 Å². The Morgan fingerprint density at radius 1 is 1.21 bits per heavy atom. The first kappa shape index (κ1) is 14.2. The average Bonchev–Trinajstić information content (AvgIpc) is 3.23. The summed E-state index contributed by atoms with van der Waals surface area (Å²) < 4.78 is 11.4. The molecule has 0 heterocycles. The van der Waals surface area contributed by atoms with Gasteiger partial charge in [-0.05, 0) is 50.8 Å². The van der Waals surface area contributed by atoms with E-state index in [4.69, 9.17) is 9.47 Å². The van der Waals surface area contributed by atoms with Crippen molar-refractivity contribution in [1.29, 1.82) is 0 Å². The summed E-state index contributed by atoms with van der Waals surface area (Å²) in [4.78, 5) is 0. The third kappa shape index (κ3) is 5.11. The van der Waals surface area contributed by atoms with Crippen LogP contribution in [0.25, 0.3) is 0 Å². The zero-order valence-corrected chi connectivity index (χ0v) is 12.0. The largest absolute Gasteiger partial charge is 0.490 e. The predicted molar refractivity (Wildman–Crippen MR) is 77.9 cm³/mol. The lowest BCUT2D eigenvalue weighted by molar-refractivity contribution is 0.256. The number of nitrogens with one attached hydrogen (secondary N) is 1. The van der Waals surface area contributed by atoms with Crippen molar-refractivity contribution in [3.05, 3.63) is 24.3 Å². The first-order chi connectivity index (χ1) is 9.29. The van der Waals surface area contributed by atoms with E-state index in [1.165, 1.54) is 12.8 Å². The average molecular weight is 263 g/mol. The standard InChI is InChI=1S/C16H25NO2/c1-3-18-15-6-4-5-7-16(15)19-11-10-13(2)12-17-14-8-9-14/h4-7,13-14,17H,3,8-12H2,1-2H3. The number of hydrogen-bond acceptors (Lipinski definition) is 3. The van der Waals surface area contributed by atoms with Crippen LogP contribution in [0.5, 0.6) is 11.5 Å². The van der Waals surface area contributed by atoms with Crippen molar-refractivity contribution in [2.24, 2.45) is 5.92 Å². The number of rotatable bonds is 9. The lowest BCUT2D eigenvalue weighted by Gasteiger charge is -2.15. The highest BCUT2D eigenvalue weighted by molar-refractivity contribution is 5.39. The maximum Gasteiger partial charge on any atom is 0.161 e. The van der Waals surface area contributed by atoms with Crippen LogP contribution in [0.15, 0.2) is 24.3 Å². The molecule has 3 nitrogen and oxygen atoms in total. The molecular weight excluding hydrogens is 238 g/mol. The Balaban J connectivity index is 1.68. The Labute approximate surface area is 116 Å². The maximum absolute atomic E-state index is 5.83. The topological polar surface area (TPSA) is 30.5 Å². The third-order valence-corrected chi connectivity index (χ3v) is 3.35. The van der Waals surface area contributed by atoms with Gasteiger partial charge in [0.15, 0.2) is 11.5 Å². The van der Waals surface area contributed by atoms with E-state index < -0.39 is 0 Å². The molecule has 3 heteroatoms. The molecule has 0 amide bonds. The predicted octanol–water partition coefficient (Wildman–Crippen LogP) is 3.24. The van der Waals surface area contributed by atoms with Gasteiger partial charge in [0.25, 0.3) is 0 Å². The molecule has 1 unspecified atom stereocenters. The highest BCUT2D eigenvalue weighted by Crippen LogP contribution is 2.26. The van der Waals surface area contributed by atoms with Gasteiger partial charge in [-0.3, -0.25) is 0 Å². The van der Waals surface area contributed by atoms with Gasteiger partial charge >= 0.3 is 0 Å². The number of hydrogen-bond donors (Lipinski definition) is 1. The van der Waals surface area contributed by atoms with E-state index in [9.17, 15) is 0 Å². The van der Waals surface area contributed by atoms with E-state index in [-0.39, 0.29) is 0 Å². The second kappa shape index (κ2) is 7.39. The van der Waals surface area contributed by atoms with Crippen LogP contribution in [0, 0.1) is 5.92 Å². The molecule has 1 fully saturated rings. The van der Waals surface area contributed by atoms with Crippen LogP contribution >= 0.6 is 0 Å². The monoisotopic (exact) mass is 263 g/mol. The molecule has 0 spiro atoms. The fourth-order valence-corrected chi connectivity index (χ4v) is 1.97. The van der Waals surface area contributed by atoms with Crippen LogP contribution in [-0.2, 0) is 0 Å². The fourth-order valence-electron chi connectivity index (χ4n) is 1.97. The summed E-state index contributed by atoms with van der Waals surface area (Å²) in [6.45, 7) is 6.77. The zero-order chi connectivity index (χ0) is 13.5. The highest BCUT2D eigenvalue weighted by Gasteiger charge is 2.20. The summed E-state index contributed by atoms with van der Waals surface area (Å²) >= 11 is 0. The van der Waals surface area contributed by atoms with Gasteiger partial charge in [0, 0.05) is 6.04 Å². The molecule has 1 aromatic carbocycles. The molecular formula is C16H25NO2. The van der Waals surface area contributed by atoms with Crippen LogP contribution in [0.4, 0.5) is 0 Å². The Morgan fingerprint density at radius 2 is 1.89 bits per heavy atom. The first-order valence-electron chi connectivity index (χ1n) is 7.37. The molecule has 106 valence electrons. The van der Waals surface area contributed by atoms with E-state index >= 15 is 0 Å². The van der Waals surface area contributed by atoms with E-state index in [1.807, 2.05) is 31.2 Å². The van der Waals surface area contributed by atoms with E-state index in [0.717, 1.165) is 37.1 Å². The normalized spacial score (nSPS) is 16.1. The van der Waals surface area contributed by atoms with Gasteiger partial charge in [-0.2, -0.15) is 0 Å². The van der Waals surface area contributed by atoms with E-state index in [1.54, 1.807) is 0 Å². The van der Waals surface area contributed by atoms with Crippen molar-refractivity contribution in [3.63, 3.8) is 0 Å². The number of para-hydroxylation sites is 2. The number of ether oxygens (including phenoxy) is 2. The molecule has 1 aromatic rings. The minimum atomic E-state index is 0.653. The molecule has 2 rings (SSSR count). The van der Waals surface area contributed by atoms with Crippen molar-refractivity contribution >= 4 is 0 Å². The summed E-state index contributed by atoms with van der Waals surface area (Å²) in [5, 5.41) is 3.56. The van der Waals surface area contributed by atoms with Gasteiger partial charge in [-0.15, -0.1) is 0 Å². The smallest absolute Gasteiger partial charge is 0.161 e. The molecule has 1 saturated carbocycles. The molecule has 19 heavy (non-hydrogen) atoms. The van der Waals surface area contributed by atoms with Gasteiger partial charge < -0.3 is 14.8 Å². The van der Waals surface area contributed by atoms with E-state index in [2.05, 4.69) is 12.2 Å². The summed E-state index contributed by atoms with van der Waals surface area (Å²) in [6.07, 6.45) is 3.77. The molecule has 1 N–H and O–H groups in total. The van der Waals surface area contributed by atoms with Crippen molar-refractivity contribution in [1.82, 2.24) is 5.32 Å². The van der Waals surface area contributed by atoms with Crippen LogP contribution < -0.4 is 14.8 Å². The molecule has 0 aromatic heterocycles. The molecule has 0 saturated heterocycles. The molecule has 1 atom stereocenters. The lowest BCUT2D eigenvalue weighted by atomic mass is 10.1. The van der Waals surface area contributed by atoms with Gasteiger partial charge in [-0.25, -0.2) is 0 Å². The quantitative estimate of drug-likeness (QED) is 0.742. The first-order valence-corrected chi connectivity index (χ1v) is 7.37. The molecule has 1 aliphatic carbocycles. The molecule has 0 aliphatic heterocycles. The SMILES string of the molecule is CCOc1ccccc1OCCC(C)CNC1CC1. The Morgan fingerprint density at radius 3 is 2.53 bits per heavy atom. The van der Waals surface area contributed by atoms with Crippen LogP contribution in [0.1, 0.15) is 33.1 Å². The van der Waals surface area contributed by atoms with Crippen LogP contribution in [-0.4, -0.2) is 25.8 Å². The second-order valence-electron chi connectivity index (χ2n) is 5.30. The maximum atomic E-state index is 5.83. The van der Waals surface area contributed by atoms with Crippen molar-refractivity contribution in [2.45, 2.75) is 39.2 Å². The number of benzene rings is 1. The van der Waals surface area contributed by atoms with Crippen molar-refractivity contribution in [2.75, 3.05) is 19.8 Å². The van der Waals surface area contributed by atoms with E-state index in [0.29, 0.717) is 12.5 Å². The fraction of sp³-hybridized carbons (Fsp3) is 0.625. The van der Waals surface area contributed by atoms with Gasteiger partial charge in [0.2, 0.25) is 0 Å². The van der Waals surface area contributed by atoms with Gasteiger partial charge in [0.05, 0.1) is 13.2 Å². The summed E-state index contributed by atoms with van der Waals surface area (Å²) in [7, 11) is 0. The minimum Gasteiger partial charge on any atom is -0.490 e. The zero-order valence-electron chi connectivity index (χ0n) is 12.0. The van der Waals surface area contributed by atoms with Gasteiger partial charge in [-0.1, -0.05) is 19.1 Å². The molecule has 0 radical (unpaired) electrons. The minimum absolute atomic E-state index is 0.653. The Bertz CT molecular complexity index is 377. The van der Waals surface area contributed by atoms with Crippen LogP contribution in [0.2, 0.25) is 0 Å². The van der Waals surface area contributed by atoms with Crippen molar-refractivity contribution < 1.29 is 9.47 Å². The molecule has 1 aliphatic rings. The Hall–Kier alpha value is -1.22. The second-order valence-corrected chi connectivity index (χ2v) is 5.30. The summed E-state index contributed by atoms with van der Waals surface area (Å²) in [6, 6.07) is 8.67. The summed E-state index contributed by atoms with van der Waals surface area (Å²) in [5.41, 5.74) is 0. The van der Waals surface area contributed by atoms with Crippen molar-refractivity contribution in [3.8, 4) is 11.5 Å². The summed E-state index contributed by atoms with van der Waals surface area (Å²) in [5.74, 6) is 2.35. The van der Waals surface area contributed by atoms with Crippen LogP contribution in [0.3, 0.4) is 0 Å². The lowest BCUT2D eigenvalue weighted by Crippen LogP contribution is -2.24. The third-order valence-electron chi connectivity index (χ3n) is 3.35.